The first-order valence-corrected chi connectivity index (χ1v) is 5.92. The quantitative estimate of drug-likeness (QED) is 0.645. The van der Waals surface area contributed by atoms with Crippen molar-refractivity contribution in [2.45, 2.75) is 44.6 Å². The van der Waals surface area contributed by atoms with Gasteiger partial charge in [0.15, 0.2) is 0 Å². The molecule has 4 heteroatoms. The molecule has 90 valence electrons. The first-order chi connectivity index (χ1) is 7.66. The van der Waals surface area contributed by atoms with Crippen LogP contribution in [-0.2, 0) is 9.53 Å². The Morgan fingerprint density at radius 3 is 2.69 bits per heavy atom. The van der Waals surface area contributed by atoms with E-state index in [0.717, 1.165) is 25.7 Å². The maximum Gasteiger partial charge on any atom is 0.223 e. The summed E-state index contributed by atoms with van der Waals surface area (Å²) in [6.45, 7) is 3.24. The molecule has 0 spiro atoms. The van der Waals surface area contributed by atoms with Gasteiger partial charge in [0.25, 0.3) is 0 Å². The van der Waals surface area contributed by atoms with Crippen molar-refractivity contribution in [3.8, 4) is 6.07 Å². The molecule has 1 rings (SSSR count). The number of nitrogens with zero attached hydrogens (tertiary/aromatic N) is 2. The van der Waals surface area contributed by atoms with Crippen LogP contribution in [0, 0.1) is 11.3 Å². The van der Waals surface area contributed by atoms with Gasteiger partial charge in [-0.2, -0.15) is 5.26 Å². The highest BCUT2D eigenvalue weighted by Gasteiger charge is 2.43. The van der Waals surface area contributed by atoms with Crippen molar-refractivity contribution in [3.05, 3.63) is 0 Å². The monoisotopic (exact) mass is 224 g/mol. The summed E-state index contributed by atoms with van der Waals surface area (Å²) in [5.74, 6) is 0.0564. The molecule has 1 aliphatic rings. The minimum atomic E-state index is -0.511. The van der Waals surface area contributed by atoms with E-state index < -0.39 is 5.54 Å². The van der Waals surface area contributed by atoms with E-state index in [1.807, 2.05) is 6.92 Å². The van der Waals surface area contributed by atoms with E-state index in [1.165, 1.54) is 0 Å². The van der Waals surface area contributed by atoms with Gasteiger partial charge in [-0.05, 0) is 32.6 Å². The van der Waals surface area contributed by atoms with Gasteiger partial charge in [0, 0.05) is 26.7 Å². The van der Waals surface area contributed by atoms with Crippen LogP contribution in [0.25, 0.3) is 0 Å². The van der Waals surface area contributed by atoms with Gasteiger partial charge < -0.3 is 9.64 Å². The Balaban J connectivity index is 2.33. The number of hydrogen-bond donors (Lipinski definition) is 0. The zero-order valence-electron chi connectivity index (χ0n) is 10.2. The Morgan fingerprint density at radius 1 is 1.56 bits per heavy atom. The molecule has 0 heterocycles. The highest BCUT2D eigenvalue weighted by molar-refractivity contribution is 5.77. The minimum absolute atomic E-state index is 0.0564. The van der Waals surface area contributed by atoms with Gasteiger partial charge in [0.2, 0.25) is 5.91 Å². The topological polar surface area (TPSA) is 53.3 Å². The van der Waals surface area contributed by atoms with Gasteiger partial charge in [0.05, 0.1) is 6.07 Å². The standard InChI is InChI=1S/C12H20N2O2/c1-3-16-9-4-6-11(15)14(2)12(10-13)7-5-8-12/h3-9H2,1-2H3. The Morgan fingerprint density at radius 2 is 2.25 bits per heavy atom. The molecule has 0 aromatic rings. The second-order valence-corrected chi connectivity index (χ2v) is 4.25. The summed E-state index contributed by atoms with van der Waals surface area (Å²) in [5, 5.41) is 9.10. The summed E-state index contributed by atoms with van der Waals surface area (Å²) in [7, 11) is 1.74. The highest BCUT2D eigenvalue weighted by atomic mass is 16.5. The van der Waals surface area contributed by atoms with Crippen molar-refractivity contribution in [3.63, 3.8) is 0 Å². The van der Waals surface area contributed by atoms with Crippen molar-refractivity contribution in [2.75, 3.05) is 20.3 Å². The summed E-state index contributed by atoms with van der Waals surface area (Å²) in [6.07, 6.45) is 3.89. The van der Waals surface area contributed by atoms with Crippen LogP contribution in [0.5, 0.6) is 0 Å². The van der Waals surface area contributed by atoms with E-state index >= 15 is 0 Å². The summed E-state index contributed by atoms with van der Waals surface area (Å²) in [6, 6.07) is 2.27. The number of carbonyl (C=O) groups excluding carboxylic acids is 1. The maximum atomic E-state index is 11.8. The number of hydrogen-bond acceptors (Lipinski definition) is 3. The molecule has 0 N–H and O–H groups in total. The lowest BCUT2D eigenvalue weighted by atomic mass is 9.76. The molecule has 0 aromatic carbocycles. The first kappa shape index (κ1) is 13.0. The fourth-order valence-electron chi connectivity index (χ4n) is 1.91. The zero-order valence-corrected chi connectivity index (χ0v) is 10.2. The predicted octanol–water partition coefficient (Wildman–Crippen LogP) is 1.71. The van der Waals surface area contributed by atoms with Gasteiger partial charge in [0.1, 0.15) is 5.54 Å². The van der Waals surface area contributed by atoms with Crippen LogP contribution in [0.4, 0.5) is 0 Å². The maximum absolute atomic E-state index is 11.8. The van der Waals surface area contributed by atoms with E-state index in [0.29, 0.717) is 19.6 Å². The van der Waals surface area contributed by atoms with Crippen molar-refractivity contribution in [1.82, 2.24) is 4.90 Å². The summed E-state index contributed by atoms with van der Waals surface area (Å²) >= 11 is 0. The fraction of sp³-hybridized carbons (Fsp3) is 0.833. The van der Waals surface area contributed by atoms with Crippen molar-refractivity contribution >= 4 is 5.91 Å². The van der Waals surface area contributed by atoms with E-state index in [1.54, 1.807) is 11.9 Å². The average molecular weight is 224 g/mol. The van der Waals surface area contributed by atoms with Crippen LogP contribution < -0.4 is 0 Å². The van der Waals surface area contributed by atoms with Crippen LogP contribution in [0.3, 0.4) is 0 Å². The molecule has 4 nitrogen and oxygen atoms in total. The summed E-state index contributed by atoms with van der Waals surface area (Å²) in [5.41, 5.74) is -0.511. The van der Waals surface area contributed by atoms with E-state index in [2.05, 4.69) is 6.07 Å². The highest BCUT2D eigenvalue weighted by Crippen LogP contribution is 2.36. The number of ether oxygens (including phenoxy) is 1. The lowest BCUT2D eigenvalue weighted by molar-refractivity contribution is -0.136. The molecule has 0 aliphatic heterocycles. The third-order valence-electron chi connectivity index (χ3n) is 3.29. The van der Waals surface area contributed by atoms with Gasteiger partial charge in [-0.3, -0.25) is 4.79 Å². The SMILES string of the molecule is CCOCCCC(=O)N(C)C1(C#N)CCC1. The predicted molar refractivity (Wildman–Crippen MR) is 60.7 cm³/mol. The molecule has 1 fully saturated rings. The number of rotatable bonds is 6. The zero-order chi connectivity index (χ0) is 12.0. The van der Waals surface area contributed by atoms with Crippen molar-refractivity contribution in [2.24, 2.45) is 0 Å². The molecule has 0 aromatic heterocycles. The van der Waals surface area contributed by atoms with Gasteiger partial charge in [-0.25, -0.2) is 0 Å². The fourth-order valence-corrected chi connectivity index (χ4v) is 1.91. The summed E-state index contributed by atoms with van der Waals surface area (Å²) < 4.78 is 5.18. The molecular formula is C12H20N2O2. The van der Waals surface area contributed by atoms with E-state index in [4.69, 9.17) is 10.00 Å². The van der Waals surface area contributed by atoms with Crippen molar-refractivity contribution < 1.29 is 9.53 Å². The number of carbonyl (C=O) groups is 1. The Kier molecular flexibility index (Phi) is 4.75. The molecule has 0 atom stereocenters. The van der Waals surface area contributed by atoms with Crippen LogP contribution in [0.1, 0.15) is 39.0 Å². The van der Waals surface area contributed by atoms with Crippen molar-refractivity contribution in [1.29, 1.82) is 5.26 Å². The number of nitriles is 1. The van der Waals surface area contributed by atoms with Crippen LogP contribution in [0.2, 0.25) is 0 Å². The Hall–Kier alpha value is -1.08. The van der Waals surface area contributed by atoms with Crippen LogP contribution in [0.15, 0.2) is 0 Å². The third kappa shape index (κ3) is 2.73. The minimum Gasteiger partial charge on any atom is -0.382 e. The Labute approximate surface area is 97.2 Å². The largest absolute Gasteiger partial charge is 0.382 e. The van der Waals surface area contributed by atoms with E-state index in [9.17, 15) is 4.79 Å². The first-order valence-electron chi connectivity index (χ1n) is 5.92. The second-order valence-electron chi connectivity index (χ2n) is 4.25. The van der Waals surface area contributed by atoms with Gasteiger partial charge >= 0.3 is 0 Å². The smallest absolute Gasteiger partial charge is 0.223 e. The molecule has 0 saturated heterocycles. The second kappa shape index (κ2) is 5.86. The van der Waals surface area contributed by atoms with Crippen LogP contribution in [-0.4, -0.2) is 36.6 Å². The molecule has 1 saturated carbocycles. The summed E-state index contributed by atoms with van der Waals surface area (Å²) in [4.78, 5) is 13.5. The molecular weight excluding hydrogens is 204 g/mol. The molecule has 0 bridgehead atoms. The molecule has 0 unspecified atom stereocenters. The lowest BCUT2D eigenvalue weighted by Crippen LogP contribution is -2.53. The molecule has 16 heavy (non-hydrogen) atoms. The van der Waals surface area contributed by atoms with Gasteiger partial charge in [-0.1, -0.05) is 0 Å². The van der Waals surface area contributed by atoms with Gasteiger partial charge in [-0.15, -0.1) is 0 Å². The lowest BCUT2D eigenvalue weighted by Gasteiger charge is -2.43. The van der Waals surface area contributed by atoms with Crippen LogP contribution >= 0.6 is 0 Å². The molecule has 1 amide bonds. The average Bonchev–Trinajstić information content (AvgIpc) is 2.23. The molecule has 1 aliphatic carbocycles. The number of amides is 1. The normalized spacial score (nSPS) is 17.3. The Bertz CT molecular complexity index is 279. The molecule has 0 radical (unpaired) electrons. The van der Waals surface area contributed by atoms with E-state index in [-0.39, 0.29) is 5.91 Å². The third-order valence-corrected chi connectivity index (χ3v) is 3.29.